The van der Waals surface area contributed by atoms with Crippen LogP contribution in [0.1, 0.15) is 41.4 Å². The number of nitriles is 1. The molecule has 0 bridgehead atoms. The van der Waals surface area contributed by atoms with Crippen molar-refractivity contribution >= 4 is 5.91 Å². The molecule has 0 atom stereocenters. The molecule has 2 heterocycles. The van der Waals surface area contributed by atoms with Crippen molar-refractivity contribution in [2.45, 2.75) is 26.3 Å². The minimum absolute atomic E-state index is 0.0543. The second-order valence-corrected chi connectivity index (χ2v) is 5.28. The SMILES string of the molecule is CCCCN(Cc1cccnc1)C(=O)c1cc(C#N)cn1C. The van der Waals surface area contributed by atoms with Gasteiger partial charge in [0.05, 0.1) is 5.56 Å². The van der Waals surface area contributed by atoms with Crippen molar-refractivity contribution in [3.8, 4) is 6.07 Å². The molecule has 5 heteroatoms. The molecule has 0 saturated heterocycles. The number of aromatic nitrogens is 2. The fraction of sp³-hybridized carbons (Fsp3) is 0.353. The number of unbranched alkanes of at least 4 members (excludes halogenated alkanes) is 1. The van der Waals surface area contributed by atoms with Gasteiger partial charge in [-0.1, -0.05) is 19.4 Å². The van der Waals surface area contributed by atoms with Crippen molar-refractivity contribution in [1.29, 1.82) is 5.26 Å². The standard InChI is InChI=1S/C17H20N4O/c1-3-4-8-21(13-14-6-5-7-19-11-14)17(22)16-9-15(10-18)12-20(16)2/h5-7,9,11-12H,3-4,8,13H2,1-2H3. The summed E-state index contributed by atoms with van der Waals surface area (Å²) in [7, 11) is 1.79. The summed E-state index contributed by atoms with van der Waals surface area (Å²) in [6, 6.07) is 7.55. The van der Waals surface area contributed by atoms with Crippen LogP contribution in [-0.2, 0) is 13.6 Å². The average molecular weight is 296 g/mol. The smallest absolute Gasteiger partial charge is 0.270 e. The van der Waals surface area contributed by atoms with Crippen LogP contribution in [-0.4, -0.2) is 26.9 Å². The van der Waals surface area contributed by atoms with Gasteiger partial charge in [0.25, 0.3) is 5.91 Å². The molecule has 2 rings (SSSR count). The molecule has 0 radical (unpaired) electrons. The van der Waals surface area contributed by atoms with Crippen molar-refractivity contribution < 1.29 is 4.79 Å². The molecule has 5 nitrogen and oxygen atoms in total. The van der Waals surface area contributed by atoms with Gasteiger partial charge in [-0.3, -0.25) is 9.78 Å². The first kappa shape index (κ1) is 15.8. The van der Waals surface area contributed by atoms with Gasteiger partial charge in [-0.25, -0.2) is 0 Å². The lowest BCUT2D eigenvalue weighted by molar-refractivity contribution is 0.0731. The van der Waals surface area contributed by atoms with Crippen LogP contribution in [0, 0.1) is 11.3 Å². The van der Waals surface area contributed by atoms with Crippen molar-refractivity contribution in [2.75, 3.05) is 6.54 Å². The zero-order valence-corrected chi connectivity index (χ0v) is 13.0. The molecule has 0 spiro atoms. The van der Waals surface area contributed by atoms with E-state index in [2.05, 4.69) is 18.0 Å². The first-order chi connectivity index (χ1) is 10.7. The second kappa shape index (κ2) is 7.41. The minimum atomic E-state index is -0.0543. The number of amides is 1. The van der Waals surface area contributed by atoms with E-state index >= 15 is 0 Å². The highest BCUT2D eigenvalue weighted by atomic mass is 16.2. The van der Waals surface area contributed by atoms with E-state index in [0.29, 0.717) is 24.3 Å². The number of rotatable bonds is 6. The lowest BCUT2D eigenvalue weighted by atomic mass is 10.2. The molecule has 114 valence electrons. The van der Waals surface area contributed by atoms with Crippen LogP contribution >= 0.6 is 0 Å². The van der Waals surface area contributed by atoms with Gasteiger partial charge in [-0.2, -0.15) is 5.26 Å². The average Bonchev–Trinajstić information content (AvgIpc) is 2.92. The first-order valence-electron chi connectivity index (χ1n) is 7.40. The highest BCUT2D eigenvalue weighted by Gasteiger charge is 2.19. The fourth-order valence-corrected chi connectivity index (χ4v) is 2.31. The normalized spacial score (nSPS) is 10.2. The maximum absolute atomic E-state index is 12.8. The molecular weight excluding hydrogens is 276 g/mol. The van der Waals surface area contributed by atoms with E-state index in [-0.39, 0.29) is 5.91 Å². The maximum atomic E-state index is 12.8. The largest absolute Gasteiger partial charge is 0.345 e. The molecule has 22 heavy (non-hydrogen) atoms. The van der Waals surface area contributed by atoms with Crippen molar-refractivity contribution in [1.82, 2.24) is 14.5 Å². The Bertz CT molecular complexity index is 670. The zero-order chi connectivity index (χ0) is 15.9. The summed E-state index contributed by atoms with van der Waals surface area (Å²) in [5.74, 6) is -0.0543. The number of pyridine rings is 1. The van der Waals surface area contributed by atoms with E-state index in [9.17, 15) is 4.79 Å². The molecule has 0 aromatic carbocycles. The van der Waals surface area contributed by atoms with E-state index in [0.717, 1.165) is 18.4 Å². The summed E-state index contributed by atoms with van der Waals surface area (Å²) in [5.41, 5.74) is 2.04. The monoisotopic (exact) mass is 296 g/mol. The Morgan fingerprint density at radius 2 is 2.32 bits per heavy atom. The van der Waals surface area contributed by atoms with Crippen molar-refractivity contribution in [2.24, 2.45) is 7.05 Å². The molecule has 0 aliphatic heterocycles. The van der Waals surface area contributed by atoms with Crippen LogP contribution in [0.15, 0.2) is 36.8 Å². The first-order valence-corrected chi connectivity index (χ1v) is 7.40. The molecule has 0 aliphatic rings. The third kappa shape index (κ3) is 3.73. The van der Waals surface area contributed by atoms with Crippen LogP contribution in [0.25, 0.3) is 0 Å². The van der Waals surface area contributed by atoms with Crippen LogP contribution in [0.5, 0.6) is 0 Å². The third-order valence-electron chi connectivity index (χ3n) is 3.52. The van der Waals surface area contributed by atoms with Gasteiger partial charge < -0.3 is 9.47 Å². The maximum Gasteiger partial charge on any atom is 0.270 e. The van der Waals surface area contributed by atoms with Gasteiger partial charge >= 0.3 is 0 Å². The molecule has 2 aromatic rings. The van der Waals surface area contributed by atoms with E-state index in [4.69, 9.17) is 5.26 Å². The second-order valence-electron chi connectivity index (χ2n) is 5.28. The Kier molecular flexibility index (Phi) is 5.31. The number of aryl methyl sites for hydroxylation is 1. The lowest BCUT2D eigenvalue weighted by Crippen LogP contribution is -2.32. The van der Waals surface area contributed by atoms with E-state index in [1.165, 1.54) is 0 Å². The van der Waals surface area contributed by atoms with E-state index < -0.39 is 0 Å². The molecule has 0 unspecified atom stereocenters. The lowest BCUT2D eigenvalue weighted by Gasteiger charge is -2.22. The van der Waals surface area contributed by atoms with Crippen molar-refractivity contribution in [3.63, 3.8) is 0 Å². The van der Waals surface area contributed by atoms with Gasteiger partial charge in [-0.05, 0) is 24.1 Å². The third-order valence-corrected chi connectivity index (χ3v) is 3.52. The van der Waals surface area contributed by atoms with Gasteiger partial charge in [-0.15, -0.1) is 0 Å². The van der Waals surface area contributed by atoms with E-state index in [1.54, 1.807) is 36.3 Å². The van der Waals surface area contributed by atoms with Crippen LogP contribution < -0.4 is 0 Å². The quantitative estimate of drug-likeness (QED) is 0.823. The fourth-order valence-electron chi connectivity index (χ4n) is 2.31. The molecule has 0 aliphatic carbocycles. The summed E-state index contributed by atoms with van der Waals surface area (Å²) in [6.07, 6.45) is 7.14. The number of carbonyl (C=O) groups is 1. The summed E-state index contributed by atoms with van der Waals surface area (Å²) in [6.45, 7) is 3.32. The summed E-state index contributed by atoms with van der Waals surface area (Å²) >= 11 is 0. The minimum Gasteiger partial charge on any atom is -0.345 e. The summed E-state index contributed by atoms with van der Waals surface area (Å²) in [5, 5.41) is 8.98. The zero-order valence-electron chi connectivity index (χ0n) is 13.0. The predicted octanol–water partition coefficient (Wildman–Crippen LogP) is 2.73. The molecule has 0 saturated carbocycles. The topological polar surface area (TPSA) is 61.9 Å². The highest BCUT2D eigenvalue weighted by Crippen LogP contribution is 2.13. The van der Waals surface area contributed by atoms with Crippen LogP contribution in [0.3, 0.4) is 0 Å². The van der Waals surface area contributed by atoms with Crippen LogP contribution in [0.4, 0.5) is 0 Å². The number of hydrogen-bond acceptors (Lipinski definition) is 3. The summed E-state index contributed by atoms with van der Waals surface area (Å²) < 4.78 is 1.71. The van der Waals surface area contributed by atoms with Crippen molar-refractivity contribution in [3.05, 3.63) is 53.6 Å². The Morgan fingerprint density at radius 1 is 1.50 bits per heavy atom. The Morgan fingerprint density at radius 3 is 2.91 bits per heavy atom. The molecule has 1 amide bonds. The molecular formula is C17H20N4O. The number of nitrogens with zero attached hydrogens (tertiary/aromatic N) is 4. The predicted molar refractivity (Wildman–Crippen MR) is 84.0 cm³/mol. The number of carbonyl (C=O) groups excluding carboxylic acids is 1. The van der Waals surface area contributed by atoms with Gasteiger partial charge in [0.1, 0.15) is 11.8 Å². The number of hydrogen-bond donors (Lipinski definition) is 0. The highest BCUT2D eigenvalue weighted by molar-refractivity contribution is 5.93. The summed E-state index contributed by atoms with van der Waals surface area (Å²) in [4.78, 5) is 18.7. The Balaban J connectivity index is 2.22. The van der Waals surface area contributed by atoms with Gasteiger partial charge in [0.2, 0.25) is 0 Å². The van der Waals surface area contributed by atoms with E-state index in [1.807, 2.05) is 17.0 Å². The van der Waals surface area contributed by atoms with Gasteiger partial charge in [0, 0.05) is 38.7 Å². The molecule has 0 fully saturated rings. The Hall–Kier alpha value is -2.61. The molecule has 2 aromatic heterocycles. The molecule has 0 N–H and O–H groups in total. The Labute approximate surface area is 130 Å². The van der Waals surface area contributed by atoms with Gasteiger partial charge in [0.15, 0.2) is 0 Å². The van der Waals surface area contributed by atoms with Crippen LogP contribution in [0.2, 0.25) is 0 Å².